The van der Waals surface area contributed by atoms with E-state index in [0.29, 0.717) is 19.1 Å². The Bertz CT molecular complexity index is 700. The van der Waals surface area contributed by atoms with Crippen molar-refractivity contribution in [1.29, 1.82) is 0 Å². The van der Waals surface area contributed by atoms with Gasteiger partial charge in [0.25, 0.3) is 0 Å². The smallest absolute Gasteiger partial charge is 0.356 e. The van der Waals surface area contributed by atoms with Gasteiger partial charge in [-0.1, -0.05) is 13.8 Å². The van der Waals surface area contributed by atoms with Crippen LogP contribution in [0.3, 0.4) is 0 Å². The molecule has 1 N–H and O–H groups in total. The summed E-state index contributed by atoms with van der Waals surface area (Å²) in [5.74, 6) is 1.19. The second-order valence-electron chi connectivity index (χ2n) is 5.09. The monoisotopic (exact) mass is 316 g/mol. The van der Waals surface area contributed by atoms with Gasteiger partial charge in [-0.3, -0.25) is 4.57 Å². The number of rotatable bonds is 7. The minimum Gasteiger partial charge on any atom is -0.494 e. The molecule has 0 amide bonds. The molecular formula is C17H24N4O2. The maximum absolute atomic E-state index is 12.4. The summed E-state index contributed by atoms with van der Waals surface area (Å²) in [4.78, 5) is 20.6. The number of nitrogens with zero attached hydrogens (tertiary/aromatic N) is 3. The van der Waals surface area contributed by atoms with Gasteiger partial charge in [0.05, 0.1) is 12.3 Å². The first kappa shape index (κ1) is 17.0. The number of anilines is 1. The summed E-state index contributed by atoms with van der Waals surface area (Å²) >= 11 is 0. The molecule has 0 spiro atoms. The molecule has 0 aliphatic rings. The Labute approximate surface area is 136 Å². The zero-order valence-electron chi connectivity index (χ0n) is 14.2. The van der Waals surface area contributed by atoms with Crippen molar-refractivity contribution < 1.29 is 4.74 Å². The first-order valence-corrected chi connectivity index (χ1v) is 8.13. The van der Waals surface area contributed by atoms with E-state index < -0.39 is 0 Å². The van der Waals surface area contributed by atoms with Crippen LogP contribution in [0.15, 0.2) is 23.3 Å². The number of benzene rings is 1. The van der Waals surface area contributed by atoms with Crippen LogP contribution < -0.4 is 15.7 Å². The molecule has 0 unspecified atom stereocenters. The summed E-state index contributed by atoms with van der Waals surface area (Å²) in [5.41, 5.74) is 2.64. The largest absolute Gasteiger partial charge is 0.494 e. The van der Waals surface area contributed by atoms with E-state index in [0.717, 1.165) is 35.4 Å². The lowest BCUT2D eigenvalue weighted by Crippen LogP contribution is -2.25. The second kappa shape index (κ2) is 7.76. The molecule has 0 aliphatic carbocycles. The van der Waals surface area contributed by atoms with E-state index in [-0.39, 0.29) is 5.69 Å². The van der Waals surface area contributed by atoms with E-state index in [9.17, 15) is 4.79 Å². The van der Waals surface area contributed by atoms with Crippen molar-refractivity contribution in [3.63, 3.8) is 0 Å². The highest BCUT2D eigenvalue weighted by Gasteiger charge is 2.14. The average Bonchev–Trinajstić information content (AvgIpc) is 2.55. The molecule has 23 heavy (non-hydrogen) atoms. The molecule has 6 nitrogen and oxygen atoms in total. The minimum absolute atomic E-state index is 0.329. The molecule has 2 aromatic rings. The summed E-state index contributed by atoms with van der Waals surface area (Å²) in [6.07, 6.45) is 3.14. The van der Waals surface area contributed by atoms with Crippen LogP contribution in [0, 0.1) is 0 Å². The third-order valence-corrected chi connectivity index (χ3v) is 3.59. The van der Waals surface area contributed by atoms with Gasteiger partial charge in [-0.15, -0.1) is 0 Å². The van der Waals surface area contributed by atoms with Gasteiger partial charge in [-0.05, 0) is 49.9 Å². The van der Waals surface area contributed by atoms with Crippen LogP contribution in [0.5, 0.6) is 5.75 Å². The molecule has 0 atom stereocenters. The van der Waals surface area contributed by atoms with Gasteiger partial charge in [0.1, 0.15) is 12.1 Å². The zero-order valence-corrected chi connectivity index (χ0v) is 14.2. The molecule has 1 aromatic heterocycles. The van der Waals surface area contributed by atoms with Gasteiger partial charge >= 0.3 is 5.69 Å². The SMILES string of the molecule is CCNc1ncn(-c2c(CC)cc(OCC)cc2CC)c(=O)n1. The summed E-state index contributed by atoms with van der Waals surface area (Å²) in [7, 11) is 0. The summed E-state index contributed by atoms with van der Waals surface area (Å²) in [6.45, 7) is 9.31. The molecule has 1 heterocycles. The fraction of sp³-hybridized carbons (Fsp3) is 0.471. The lowest BCUT2D eigenvalue weighted by molar-refractivity contribution is 0.339. The highest BCUT2D eigenvalue weighted by Crippen LogP contribution is 2.26. The second-order valence-corrected chi connectivity index (χ2v) is 5.09. The highest BCUT2D eigenvalue weighted by atomic mass is 16.5. The number of nitrogens with one attached hydrogen (secondary N) is 1. The number of ether oxygens (including phenoxy) is 1. The first-order valence-electron chi connectivity index (χ1n) is 8.13. The van der Waals surface area contributed by atoms with E-state index in [1.54, 1.807) is 6.33 Å². The summed E-state index contributed by atoms with van der Waals surface area (Å²) < 4.78 is 7.16. The van der Waals surface area contributed by atoms with Crippen molar-refractivity contribution in [1.82, 2.24) is 14.5 Å². The van der Waals surface area contributed by atoms with Crippen LogP contribution in [0.4, 0.5) is 5.95 Å². The molecule has 124 valence electrons. The van der Waals surface area contributed by atoms with Gasteiger partial charge in [0.2, 0.25) is 5.95 Å². The molecule has 1 aromatic carbocycles. The average molecular weight is 316 g/mol. The molecule has 0 fully saturated rings. The van der Waals surface area contributed by atoms with Gasteiger partial charge < -0.3 is 10.1 Å². The van der Waals surface area contributed by atoms with E-state index in [1.165, 1.54) is 4.57 Å². The summed E-state index contributed by atoms with van der Waals surface area (Å²) in [6, 6.07) is 3.98. The molecule has 6 heteroatoms. The van der Waals surface area contributed by atoms with Crippen LogP contribution in [-0.4, -0.2) is 27.7 Å². The fourth-order valence-corrected chi connectivity index (χ4v) is 2.56. The molecule has 0 saturated heterocycles. The third kappa shape index (κ3) is 3.70. The minimum atomic E-state index is -0.329. The Balaban J connectivity index is 2.60. The maximum atomic E-state index is 12.4. The lowest BCUT2D eigenvalue weighted by atomic mass is 10.0. The first-order chi connectivity index (χ1) is 11.1. The van der Waals surface area contributed by atoms with Crippen molar-refractivity contribution in [2.24, 2.45) is 0 Å². The Hall–Kier alpha value is -2.37. The Kier molecular flexibility index (Phi) is 5.73. The normalized spacial score (nSPS) is 10.6. The van der Waals surface area contributed by atoms with Crippen LogP contribution in [0.1, 0.15) is 38.8 Å². The Morgan fingerprint density at radius 1 is 1.13 bits per heavy atom. The quantitative estimate of drug-likeness (QED) is 0.850. The van der Waals surface area contributed by atoms with Crippen LogP contribution in [-0.2, 0) is 12.8 Å². The van der Waals surface area contributed by atoms with Gasteiger partial charge in [-0.2, -0.15) is 4.98 Å². The Morgan fingerprint density at radius 3 is 2.26 bits per heavy atom. The van der Waals surface area contributed by atoms with E-state index in [4.69, 9.17) is 4.74 Å². The number of hydrogen-bond acceptors (Lipinski definition) is 5. The lowest BCUT2D eigenvalue weighted by Gasteiger charge is -2.17. The van der Waals surface area contributed by atoms with Crippen molar-refractivity contribution in [3.8, 4) is 11.4 Å². The molecule has 0 aliphatic heterocycles. The van der Waals surface area contributed by atoms with Crippen molar-refractivity contribution in [2.75, 3.05) is 18.5 Å². The van der Waals surface area contributed by atoms with E-state index >= 15 is 0 Å². The van der Waals surface area contributed by atoms with Gasteiger partial charge in [-0.25, -0.2) is 9.78 Å². The number of aryl methyl sites for hydroxylation is 2. The Morgan fingerprint density at radius 2 is 1.78 bits per heavy atom. The number of aromatic nitrogens is 3. The molecule has 0 saturated carbocycles. The van der Waals surface area contributed by atoms with E-state index in [2.05, 4.69) is 29.1 Å². The van der Waals surface area contributed by atoms with Crippen molar-refractivity contribution >= 4 is 5.95 Å². The number of hydrogen-bond donors (Lipinski definition) is 1. The molecule has 2 rings (SSSR count). The van der Waals surface area contributed by atoms with Crippen molar-refractivity contribution in [3.05, 3.63) is 40.1 Å². The predicted molar refractivity (Wildman–Crippen MR) is 91.7 cm³/mol. The fourth-order valence-electron chi connectivity index (χ4n) is 2.56. The maximum Gasteiger partial charge on any atom is 0.356 e. The topological polar surface area (TPSA) is 69.0 Å². The molecular weight excluding hydrogens is 292 g/mol. The predicted octanol–water partition coefficient (Wildman–Crippen LogP) is 2.58. The van der Waals surface area contributed by atoms with E-state index in [1.807, 2.05) is 26.0 Å². The standard InChI is InChI=1S/C17H24N4O2/c1-5-12-9-14(23-8-4)10-13(6-2)15(12)21-11-19-16(18-7-3)20-17(21)22/h9-11H,5-8H2,1-4H3,(H,18,20,22). The van der Waals surface area contributed by atoms with Gasteiger partial charge in [0, 0.05) is 6.54 Å². The zero-order chi connectivity index (χ0) is 16.8. The highest BCUT2D eigenvalue weighted by molar-refractivity contribution is 5.52. The third-order valence-electron chi connectivity index (χ3n) is 3.59. The molecule has 0 radical (unpaired) electrons. The summed E-state index contributed by atoms with van der Waals surface area (Å²) in [5, 5.41) is 2.95. The van der Waals surface area contributed by atoms with Crippen LogP contribution >= 0.6 is 0 Å². The molecule has 0 bridgehead atoms. The van der Waals surface area contributed by atoms with Crippen LogP contribution in [0.25, 0.3) is 5.69 Å². The van der Waals surface area contributed by atoms with Crippen LogP contribution in [0.2, 0.25) is 0 Å². The van der Waals surface area contributed by atoms with Crippen molar-refractivity contribution in [2.45, 2.75) is 40.5 Å². The van der Waals surface area contributed by atoms with Gasteiger partial charge in [0.15, 0.2) is 0 Å².